The molecule has 0 N–H and O–H groups in total. The number of aromatic nitrogens is 2. The summed E-state index contributed by atoms with van der Waals surface area (Å²) in [6, 6.07) is 0. The van der Waals surface area contributed by atoms with E-state index in [-0.39, 0.29) is 10.7 Å². The summed E-state index contributed by atoms with van der Waals surface area (Å²) in [5.41, 5.74) is -0.204. The van der Waals surface area contributed by atoms with Crippen LogP contribution in [0.5, 0.6) is 0 Å². The van der Waals surface area contributed by atoms with Crippen molar-refractivity contribution in [1.82, 2.24) is 9.55 Å². The van der Waals surface area contributed by atoms with Crippen LogP contribution in [0.15, 0.2) is 17.2 Å². The van der Waals surface area contributed by atoms with E-state index in [4.69, 9.17) is 11.6 Å². The fraction of sp³-hybridized carbons (Fsp3) is 0.556. The Kier molecular flexibility index (Phi) is 3.48. The van der Waals surface area contributed by atoms with Crippen molar-refractivity contribution in [3.63, 3.8) is 0 Å². The SMILES string of the molecule is CC(C)CCn1ccnc(Cl)c1=O. The van der Waals surface area contributed by atoms with Crippen molar-refractivity contribution < 1.29 is 0 Å². The quantitative estimate of drug-likeness (QED) is 0.748. The highest BCUT2D eigenvalue weighted by atomic mass is 35.5. The van der Waals surface area contributed by atoms with Crippen molar-refractivity contribution in [3.8, 4) is 0 Å². The topological polar surface area (TPSA) is 34.9 Å². The molecule has 0 fully saturated rings. The summed E-state index contributed by atoms with van der Waals surface area (Å²) in [5, 5.41) is 0.0475. The Morgan fingerprint density at radius 3 is 2.92 bits per heavy atom. The van der Waals surface area contributed by atoms with Gasteiger partial charge in [0.05, 0.1) is 0 Å². The highest BCUT2D eigenvalue weighted by Crippen LogP contribution is 2.01. The number of hydrogen-bond donors (Lipinski definition) is 0. The molecular formula is C9H13ClN2O. The van der Waals surface area contributed by atoms with Crippen LogP contribution >= 0.6 is 11.6 Å². The predicted octanol–water partition coefficient (Wildman–Crippen LogP) is 1.94. The first-order valence-electron chi connectivity index (χ1n) is 4.32. The average Bonchev–Trinajstić information content (AvgIpc) is 2.07. The third kappa shape index (κ3) is 2.84. The van der Waals surface area contributed by atoms with Gasteiger partial charge in [0.15, 0.2) is 5.15 Å². The molecule has 1 aromatic heterocycles. The van der Waals surface area contributed by atoms with Crippen LogP contribution in [0, 0.1) is 5.92 Å². The molecule has 0 aliphatic carbocycles. The minimum absolute atomic E-state index is 0.0475. The van der Waals surface area contributed by atoms with E-state index < -0.39 is 0 Å². The van der Waals surface area contributed by atoms with Crippen molar-refractivity contribution in [3.05, 3.63) is 27.9 Å². The predicted molar refractivity (Wildman–Crippen MR) is 53.0 cm³/mol. The summed E-state index contributed by atoms with van der Waals surface area (Å²) in [6.07, 6.45) is 4.18. The van der Waals surface area contributed by atoms with Crippen molar-refractivity contribution in [2.24, 2.45) is 5.92 Å². The first kappa shape index (κ1) is 10.3. The van der Waals surface area contributed by atoms with Crippen molar-refractivity contribution in [1.29, 1.82) is 0 Å². The van der Waals surface area contributed by atoms with E-state index in [0.717, 1.165) is 6.42 Å². The van der Waals surface area contributed by atoms with E-state index in [1.165, 1.54) is 0 Å². The van der Waals surface area contributed by atoms with Gasteiger partial charge < -0.3 is 4.57 Å². The smallest absolute Gasteiger partial charge is 0.288 e. The molecule has 4 heteroatoms. The van der Waals surface area contributed by atoms with Gasteiger partial charge in [-0.2, -0.15) is 0 Å². The molecule has 0 aliphatic heterocycles. The van der Waals surface area contributed by atoms with E-state index in [1.807, 2.05) is 0 Å². The first-order valence-corrected chi connectivity index (χ1v) is 4.70. The zero-order chi connectivity index (χ0) is 9.84. The minimum atomic E-state index is -0.204. The number of rotatable bonds is 3. The molecule has 0 bridgehead atoms. The molecule has 13 heavy (non-hydrogen) atoms. The molecule has 0 aliphatic rings. The maximum absolute atomic E-state index is 11.3. The molecule has 0 saturated heterocycles. The van der Waals surface area contributed by atoms with E-state index in [1.54, 1.807) is 17.0 Å². The van der Waals surface area contributed by atoms with Crippen LogP contribution in [-0.2, 0) is 6.54 Å². The number of aryl methyl sites for hydroxylation is 1. The van der Waals surface area contributed by atoms with E-state index in [0.29, 0.717) is 12.5 Å². The highest BCUT2D eigenvalue weighted by molar-refractivity contribution is 6.29. The lowest BCUT2D eigenvalue weighted by atomic mass is 10.1. The molecule has 3 nitrogen and oxygen atoms in total. The van der Waals surface area contributed by atoms with Crippen LogP contribution in [0.3, 0.4) is 0 Å². The largest absolute Gasteiger partial charge is 0.311 e. The zero-order valence-electron chi connectivity index (χ0n) is 7.83. The number of nitrogens with zero attached hydrogens (tertiary/aromatic N) is 2. The molecule has 0 saturated carbocycles. The molecule has 0 atom stereocenters. The third-order valence-electron chi connectivity index (χ3n) is 1.82. The molecule has 0 aromatic carbocycles. The van der Waals surface area contributed by atoms with E-state index >= 15 is 0 Å². The highest BCUT2D eigenvalue weighted by Gasteiger charge is 2.01. The Hall–Kier alpha value is -0.830. The molecule has 1 rings (SSSR count). The average molecular weight is 201 g/mol. The maximum Gasteiger partial charge on any atom is 0.288 e. The van der Waals surface area contributed by atoms with Crippen LogP contribution in [-0.4, -0.2) is 9.55 Å². The van der Waals surface area contributed by atoms with E-state index in [2.05, 4.69) is 18.8 Å². The van der Waals surface area contributed by atoms with Gasteiger partial charge >= 0.3 is 0 Å². The second-order valence-electron chi connectivity index (χ2n) is 3.40. The summed E-state index contributed by atoms with van der Waals surface area (Å²) < 4.78 is 1.59. The minimum Gasteiger partial charge on any atom is -0.311 e. The van der Waals surface area contributed by atoms with Crippen molar-refractivity contribution in [2.75, 3.05) is 0 Å². The lowest BCUT2D eigenvalue weighted by molar-refractivity contribution is 0.506. The van der Waals surface area contributed by atoms with Crippen LogP contribution in [0.1, 0.15) is 20.3 Å². The molecule has 72 valence electrons. The third-order valence-corrected chi connectivity index (χ3v) is 2.08. The van der Waals surface area contributed by atoms with Gasteiger partial charge in [-0.1, -0.05) is 25.4 Å². The Morgan fingerprint density at radius 1 is 1.62 bits per heavy atom. The standard InChI is InChI=1S/C9H13ClN2O/c1-7(2)3-5-12-6-4-11-8(10)9(12)13/h4,6-7H,3,5H2,1-2H3. The second kappa shape index (κ2) is 4.42. The summed E-state index contributed by atoms with van der Waals surface area (Å²) in [5.74, 6) is 0.582. The Morgan fingerprint density at radius 2 is 2.31 bits per heavy atom. The van der Waals surface area contributed by atoms with Gasteiger partial charge in [-0.3, -0.25) is 4.79 Å². The van der Waals surface area contributed by atoms with Gasteiger partial charge in [0.25, 0.3) is 5.56 Å². The number of hydrogen-bond acceptors (Lipinski definition) is 2. The fourth-order valence-corrected chi connectivity index (χ4v) is 1.16. The summed E-state index contributed by atoms with van der Waals surface area (Å²) >= 11 is 5.58. The summed E-state index contributed by atoms with van der Waals surface area (Å²) in [7, 11) is 0. The van der Waals surface area contributed by atoms with Gasteiger partial charge in [0, 0.05) is 18.9 Å². The van der Waals surface area contributed by atoms with Crippen LogP contribution < -0.4 is 5.56 Å². The zero-order valence-corrected chi connectivity index (χ0v) is 8.58. The molecule has 0 amide bonds. The van der Waals surface area contributed by atoms with Gasteiger partial charge in [-0.25, -0.2) is 4.98 Å². The van der Waals surface area contributed by atoms with Gasteiger partial charge in [0.2, 0.25) is 0 Å². The van der Waals surface area contributed by atoms with Crippen molar-refractivity contribution >= 4 is 11.6 Å². The molecule has 0 unspecified atom stereocenters. The monoisotopic (exact) mass is 200 g/mol. The summed E-state index contributed by atoms with van der Waals surface area (Å²) in [4.78, 5) is 15.0. The second-order valence-corrected chi connectivity index (χ2v) is 3.76. The van der Waals surface area contributed by atoms with Crippen molar-refractivity contribution in [2.45, 2.75) is 26.8 Å². The number of halogens is 1. The molecular weight excluding hydrogens is 188 g/mol. The van der Waals surface area contributed by atoms with Crippen LogP contribution in [0.4, 0.5) is 0 Å². The van der Waals surface area contributed by atoms with Crippen LogP contribution in [0.2, 0.25) is 5.15 Å². The Labute approximate surface area is 82.4 Å². The van der Waals surface area contributed by atoms with Crippen LogP contribution in [0.25, 0.3) is 0 Å². The first-order chi connectivity index (χ1) is 6.11. The van der Waals surface area contributed by atoms with Gasteiger partial charge in [-0.15, -0.1) is 0 Å². The van der Waals surface area contributed by atoms with Gasteiger partial charge in [0.1, 0.15) is 0 Å². The fourth-order valence-electron chi connectivity index (χ4n) is 0.994. The normalized spacial score (nSPS) is 10.8. The Bertz CT molecular complexity index is 333. The molecule has 0 spiro atoms. The Balaban J connectivity index is 2.78. The van der Waals surface area contributed by atoms with Gasteiger partial charge in [-0.05, 0) is 12.3 Å². The molecule has 1 heterocycles. The molecule has 1 aromatic rings. The summed E-state index contributed by atoms with van der Waals surface area (Å²) in [6.45, 7) is 4.94. The van der Waals surface area contributed by atoms with E-state index in [9.17, 15) is 4.79 Å². The lowest BCUT2D eigenvalue weighted by Gasteiger charge is -2.06. The molecule has 0 radical (unpaired) electrons. The maximum atomic E-state index is 11.3. The lowest BCUT2D eigenvalue weighted by Crippen LogP contribution is -2.21.